The molecule has 0 radical (unpaired) electrons. The van der Waals surface area contributed by atoms with Gasteiger partial charge in [-0.1, -0.05) is 6.08 Å². The maximum atomic E-state index is 15.2. The molecule has 0 saturated carbocycles. The molecule has 1 fully saturated rings. The molecule has 3 aromatic heterocycles. The van der Waals surface area contributed by atoms with Gasteiger partial charge in [-0.15, -0.1) is 0 Å². The van der Waals surface area contributed by atoms with Crippen LogP contribution in [0.25, 0.3) is 17.0 Å². The Morgan fingerprint density at radius 1 is 1.20 bits per heavy atom. The molecule has 1 saturated heterocycles. The molecule has 0 spiro atoms. The van der Waals surface area contributed by atoms with E-state index in [9.17, 15) is 0 Å². The minimum Gasteiger partial charge on any atom is -0.421 e. The van der Waals surface area contributed by atoms with Crippen molar-refractivity contribution in [3.63, 3.8) is 0 Å². The minimum absolute atomic E-state index is 0.0630. The first-order valence-corrected chi connectivity index (χ1v) is 11.6. The molecule has 4 aromatic rings. The van der Waals surface area contributed by atoms with Crippen molar-refractivity contribution < 1.29 is 9.13 Å². The average Bonchev–Trinajstić information content (AvgIpc) is 3.56. The number of H-pyrrole nitrogens is 2. The molecule has 182 valence electrons. The van der Waals surface area contributed by atoms with Gasteiger partial charge in [0.2, 0.25) is 0 Å². The van der Waals surface area contributed by atoms with Gasteiger partial charge in [0.15, 0.2) is 17.4 Å². The molecule has 5 rings (SSSR count). The summed E-state index contributed by atoms with van der Waals surface area (Å²) in [6.07, 6.45) is 4.88. The Labute approximate surface area is 203 Å². The zero-order chi connectivity index (χ0) is 24.5. The number of hydrogen-bond acceptors (Lipinski definition) is 7. The van der Waals surface area contributed by atoms with Crippen LogP contribution in [-0.2, 0) is 0 Å². The number of halogens is 1. The first-order chi connectivity index (χ1) is 16.9. The van der Waals surface area contributed by atoms with Crippen LogP contribution < -0.4 is 15.0 Å². The molecular formula is C25H29FN8O. The maximum absolute atomic E-state index is 15.2. The normalized spacial score (nSPS) is 16.2. The van der Waals surface area contributed by atoms with Crippen molar-refractivity contribution in [2.24, 2.45) is 0 Å². The van der Waals surface area contributed by atoms with Crippen LogP contribution in [0.5, 0.6) is 11.8 Å². The second-order valence-electron chi connectivity index (χ2n) is 8.97. The summed E-state index contributed by atoms with van der Waals surface area (Å²) in [5.74, 6) is 1.45. The molecule has 1 unspecified atom stereocenters. The fraction of sp³-hybridized carbons (Fsp3) is 0.320. The Bertz CT molecular complexity index is 1380. The number of fused-ring (bicyclic) bond motifs is 1. The third-order valence-electron chi connectivity index (χ3n) is 6.15. The van der Waals surface area contributed by atoms with Crippen LogP contribution in [0.15, 0.2) is 36.4 Å². The fourth-order valence-electron chi connectivity index (χ4n) is 4.32. The first kappa shape index (κ1) is 22.9. The summed E-state index contributed by atoms with van der Waals surface area (Å²) in [4.78, 5) is 16.7. The highest BCUT2D eigenvalue weighted by Gasteiger charge is 2.26. The van der Waals surface area contributed by atoms with Gasteiger partial charge in [0.25, 0.3) is 0 Å². The van der Waals surface area contributed by atoms with Gasteiger partial charge in [0.1, 0.15) is 11.6 Å². The summed E-state index contributed by atoms with van der Waals surface area (Å²) >= 11 is 0. The van der Waals surface area contributed by atoms with Crippen LogP contribution in [0.2, 0.25) is 0 Å². The first-order valence-electron chi connectivity index (χ1n) is 11.6. The lowest BCUT2D eigenvalue weighted by molar-refractivity contribution is 0.315. The van der Waals surface area contributed by atoms with Crippen LogP contribution in [0.1, 0.15) is 24.7 Å². The third-order valence-corrected chi connectivity index (χ3v) is 6.15. The van der Waals surface area contributed by atoms with E-state index in [0.29, 0.717) is 34.4 Å². The van der Waals surface area contributed by atoms with E-state index >= 15 is 4.39 Å². The summed E-state index contributed by atoms with van der Waals surface area (Å²) in [7, 11) is 4.16. The summed E-state index contributed by atoms with van der Waals surface area (Å²) in [6, 6.07) is 9.37. The number of aromatic amines is 2. The number of nitrogens with zero attached hydrogens (tertiary/aromatic N) is 5. The van der Waals surface area contributed by atoms with E-state index in [-0.39, 0.29) is 11.8 Å². The number of likely N-dealkylation sites (N-methyl/N-ethyl adjacent to an activating group) is 1. The summed E-state index contributed by atoms with van der Waals surface area (Å²) in [6.45, 7) is 5.52. The molecule has 9 nitrogen and oxygen atoms in total. The zero-order valence-corrected chi connectivity index (χ0v) is 20.3. The van der Waals surface area contributed by atoms with Crippen LogP contribution in [0, 0.1) is 12.7 Å². The predicted molar refractivity (Wildman–Crippen MR) is 136 cm³/mol. The van der Waals surface area contributed by atoms with Gasteiger partial charge < -0.3 is 24.8 Å². The van der Waals surface area contributed by atoms with E-state index in [4.69, 9.17) is 4.74 Å². The Hall–Kier alpha value is -3.92. The number of aromatic nitrogens is 5. The van der Waals surface area contributed by atoms with E-state index in [1.165, 1.54) is 0 Å². The van der Waals surface area contributed by atoms with Crippen LogP contribution in [0.4, 0.5) is 21.8 Å². The number of aryl methyl sites for hydroxylation is 1. The zero-order valence-electron chi connectivity index (χ0n) is 20.3. The molecule has 35 heavy (non-hydrogen) atoms. The second-order valence-corrected chi connectivity index (χ2v) is 8.97. The van der Waals surface area contributed by atoms with Crippen LogP contribution in [0.3, 0.4) is 0 Å². The van der Waals surface area contributed by atoms with Crippen LogP contribution in [-0.4, -0.2) is 63.3 Å². The second kappa shape index (κ2) is 9.38. The molecule has 0 amide bonds. The van der Waals surface area contributed by atoms with Gasteiger partial charge >= 0.3 is 6.01 Å². The van der Waals surface area contributed by atoms with Gasteiger partial charge in [-0.05, 0) is 58.6 Å². The topological polar surface area (TPSA) is 98.0 Å². The Morgan fingerprint density at radius 3 is 2.83 bits per heavy atom. The molecular weight excluding hydrogens is 447 g/mol. The van der Waals surface area contributed by atoms with E-state index in [1.54, 1.807) is 18.2 Å². The minimum atomic E-state index is -0.451. The van der Waals surface area contributed by atoms with Crippen molar-refractivity contribution in [2.45, 2.75) is 26.3 Å². The van der Waals surface area contributed by atoms with E-state index in [0.717, 1.165) is 30.9 Å². The quantitative estimate of drug-likeness (QED) is 0.351. The fourth-order valence-corrected chi connectivity index (χ4v) is 4.32. The average molecular weight is 477 g/mol. The molecule has 1 aliphatic rings. The predicted octanol–water partition coefficient (Wildman–Crippen LogP) is 4.84. The molecule has 1 aliphatic heterocycles. The molecule has 0 bridgehead atoms. The van der Waals surface area contributed by atoms with Gasteiger partial charge in [-0.2, -0.15) is 15.1 Å². The third kappa shape index (κ3) is 4.83. The molecule has 0 aliphatic carbocycles. The Morgan fingerprint density at radius 2 is 2.06 bits per heavy atom. The highest BCUT2D eigenvalue weighted by Crippen LogP contribution is 2.32. The van der Waals surface area contributed by atoms with Gasteiger partial charge in [0, 0.05) is 47.9 Å². The SMILES string of the molecule is C/C=C/c1cc(Nc2cc(N3CCC(N(C)C)C3)nc(Oc3ccc4[nH]c(C)cc4c3F)n2)n[nH]1. The number of nitrogens with one attached hydrogen (secondary N) is 3. The van der Waals surface area contributed by atoms with Crippen molar-refractivity contribution in [2.75, 3.05) is 37.4 Å². The van der Waals surface area contributed by atoms with Gasteiger partial charge in [0.05, 0.1) is 5.69 Å². The number of benzene rings is 1. The van der Waals surface area contributed by atoms with Crippen molar-refractivity contribution in [3.05, 3.63) is 53.6 Å². The number of anilines is 3. The number of allylic oxidation sites excluding steroid dienone is 1. The van der Waals surface area contributed by atoms with Crippen molar-refractivity contribution in [1.29, 1.82) is 0 Å². The highest BCUT2D eigenvalue weighted by atomic mass is 19.1. The summed E-state index contributed by atoms with van der Waals surface area (Å²) < 4.78 is 21.1. The Kier molecular flexibility index (Phi) is 6.12. The van der Waals surface area contributed by atoms with Crippen molar-refractivity contribution in [1.82, 2.24) is 30.0 Å². The van der Waals surface area contributed by atoms with Crippen molar-refractivity contribution in [3.8, 4) is 11.8 Å². The van der Waals surface area contributed by atoms with E-state index in [1.807, 2.05) is 38.1 Å². The van der Waals surface area contributed by atoms with Crippen molar-refractivity contribution >= 4 is 34.4 Å². The molecule has 10 heteroatoms. The summed E-state index contributed by atoms with van der Waals surface area (Å²) in [5.41, 5.74) is 2.46. The summed E-state index contributed by atoms with van der Waals surface area (Å²) in [5, 5.41) is 10.9. The van der Waals surface area contributed by atoms with E-state index < -0.39 is 5.82 Å². The largest absolute Gasteiger partial charge is 0.421 e. The number of ether oxygens (including phenoxy) is 1. The number of hydrogen-bond donors (Lipinski definition) is 3. The monoisotopic (exact) mass is 476 g/mol. The lowest BCUT2D eigenvalue weighted by Gasteiger charge is -2.21. The highest BCUT2D eigenvalue weighted by molar-refractivity contribution is 5.82. The molecule has 4 heterocycles. The van der Waals surface area contributed by atoms with Gasteiger partial charge in [-0.25, -0.2) is 4.39 Å². The lowest BCUT2D eigenvalue weighted by atomic mass is 10.2. The maximum Gasteiger partial charge on any atom is 0.326 e. The standard InChI is InChI=1S/C25H29FN8O/c1-5-6-16-12-22(32-31-16)28-21-13-23(34-10-9-17(14-34)33(3)4)30-25(29-21)35-20-8-7-19-18(24(20)26)11-15(2)27-19/h5-8,11-13,17,27H,9-10,14H2,1-4H3,(H2,28,29,30,31,32)/b6-5+. The lowest BCUT2D eigenvalue weighted by Crippen LogP contribution is -2.31. The molecule has 3 N–H and O–H groups in total. The van der Waals surface area contributed by atoms with E-state index in [2.05, 4.69) is 54.4 Å². The smallest absolute Gasteiger partial charge is 0.326 e. The van der Waals surface area contributed by atoms with Crippen LogP contribution >= 0.6 is 0 Å². The van der Waals surface area contributed by atoms with Gasteiger partial charge in [-0.3, -0.25) is 5.10 Å². The Balaban J connectivity index is 1.48. The molecule has 1 atom stereocenters. The number of rotatable bonds is 7. The molecule has 1 aromatic carbocycles.